The molecule has 0 radical (unpaired) electrons. The number of nitrogens with zero attached hydrogens (tertiary/aromatic N) is 3. The molecule has 0 saturated carbocycles. The minimum atomic E-state index is -0.0427. The smallest absolute Gasteiger partial charge is 0.242 e. The van der Waals surface area contributed by atoms with Crippen LogP contribution < -0.4 is 9.80 Å². The van der Waals surface area contributed by atoms with Crippen molar-refractivity contribution >= 4 is 17.3 Å². The number of anilines is 2. The molecule has 4 nitrogen and oxygen atoms in total. The lowest BCUT2D eigenvalue weighted by Gasteiger charge is -2.28. The van der Waals surface area contributed by atoms with Crippen molar-refractivity contribution in [3.63, 3.8) is 0 Å². The molecule has 4 heteroatoms. The van der Waals surface area contributed by atoms with Gasteiger partial charge < -0.3 is 4.90 Å². The molecule has 0 bridgehead atoms. The van der Waals surface area contributed by atoms with Gasteiger partial charge in [-0.3, -0.25) is 14.6 Å². The lowest BCUT2D eigenvalue weighted by Crippen LogP contribution is -2.30. The fourth-order valence-electron chi connectivity index (χ4n) is 2.93. The Hall–Kier alpha value is -2.33. The van der Waals surface area contributed by atoms with Crippen molar-refractivity contribution < 1.29 is 4.79 Å². The fourth-order valence-corrected chi connectivity index (χ4v) is 2.93. The van der Waals surface area contributed by atoms with Crippen LogP contribution in [0.1, 0.15) is 11.7 Å². The summed E-state index contributed by atoms with van der Waals surface area (Å²) in [5, 5.41) is 0. The van der Waals surface area contributed by atoms with Crippen LogP contribution in [-0.2, 0) is 4.79 Å². The van der Waals surface area contributed by atoms with Gasteiger partial charge in [-0.05, 0) is 36.9 Å². The Morgan fingerprint density at radius 1 is 1.00 bits per heavy atom. The van der Waals surface area contributed by atoms with Crippen LogP contribution in [0.2, 0.25) is 0 Å². The molecule has 2 aromatic rings. The molecule has 1 aliphatic rings. The van der Waals surface area contributed by atoms with E-state index in [1.54, 1.807) is 0 Å². The molecule has 114 valence electrons. The molecule has 0 aromatic heterocycles. The molecule has 3 rings (SSSR count). The lowest BCUT2D eigenvalue weighted by atomic mass is 10.1. The van der Waals surface area contributed by atoms with Crippen LogP contribution in [-0.4, -0.2) is 38.5 Å². The molecule has 1 fully saturated rings. The second-order valence-electron chi connectivity index (χ2n) is 5.87. The summed E-state index contributed by atoms with van der Waals surface area (Å²) < 4.78 is 0. The minimum absolute atomic E-state index is 0.0427. The van der Waals surface area contributed by atoms with Crippen molar-refractivity contribution in [3.05, 3.63) is 60.2 Å². The average Bonchev–Trinajstić information content (AvgIpc) is 2.82. The summed E-state index contributed by atoms with van der Waals surface area (Å²) in [6.07, 6.45) is -0.0427. The van der Waals surface area contributed by atoms with Crippen molar-refractivity contribution in [1.29, 1.82) is 0 Å². The first-order valence-electron chi connectivity index (χ1n) is 7.42. The number of hydrogen-bond donors (Lipinski definition) is 0. The first-order chi connectivity index (χ1) is 10.6. The van der Waals surface area contributed by atoms with E-state index in [1.165, 1.54) is 0 Å². The van der Waals surface area contributed by atoms with Crippen LogP contribution in [0.4, 0.5) is 11.4 Å². The highest BCUT2D eigenvalue weighted by Gasteiger charge is 2.37. The van der Waals surface area contributed by atoms with Crippen molar-refractivity contribution in [3.8, 4) is 0 Å². The zero-order valence-electron chi connectivity index (χ0n) is 13.2. The summed E-state index contributed by atoms with van der Waals surface area (Å²) in [6.45, 7) is 0.439. The number of carbonyl (C=O) groups excluding carboxylic acids is 1. The number of carbonyl (C=O) groups is 1. The molecule has 2 aromatic carbocycles. The third-order valence-electron chi connectivity index (χ3n) is 4.06. The molecule has 1 saturated heterocycles. The van der Waals surface area contributed by atoms with Crippen molar-refractivity contribution in [2.75, 3.05) is 37.5 Å². The monoisotopic (exact) mass is 295 g/mol. The van der Waals surface area contributed by atoms with E-state index in [9.17, 15) is 4.79 Å². The van der Waals surface area contributed by atoms with Crippen LogP contribution in [0.3, 0.4) is 0 Å². The Morgan fingerprint density at radius 2 is 1.64 bits per heavy atom. The van der Waals surface area contributed by atoms with E-state index >= 15 is 0 Å². The topological polar surface area (TPSA) is 26.8 Å². The third-order valence-corrected chi connectivity index (χ3v) is 4.06. The standard InChI is InChI=1S/C18H21N3O/c1-19(2)15-9-11-16(12-10-15)21-17(22)13-20(3)18(21)14-7-5-4-6-8-14/h4-12,18H,13H2,1-3H3. The predicted molar refractivity (Wildman–Crippen MR) is 90.1 cm³/mol. The van der Waals surface area contributed by atoms with Gasteiger partial charge in [-0.1, -0.05) is 30.3 Å². The van der Waals surface area contributed by atoms with Gasteiger partial charge in [-0.25, -0.2) is 0 Å². The van der Waals surface area contributed by atoms with Gasteiger partial charge in [0.15, 0.2) is 0 Å². The Bertz CT molecular complexity index is 652. The van der Waals surface area contributed by atoms with Gasteiger partial charge in [0.2, 0.25) is 5.91 Å². The highest BCUT2D eigenvalue weighted by molar-refractivity contribution is 5.97. The summed E-state index contributed by atoms with van der Waals surface area (Å²) >= 11 is 0. The van der Waals surface area contributed by atoms with E-state index < -0.39 is 0 Å². The van der Waals surface area contributed by atoms with E-state index in [0.29, 0.717) is 6.54 Å². The second kappa shape index (κ2) is 5.81. The number of amides is 1. The molecule has 1 unspecified atom stereocenters. The Morgan fingerprint density at radius 3 is 2.23 bits per heavy atom. The second-order valence-corrected chi connectivity index (χ2v) is 5.87. The van der Waals surface area contributed by atoms with E-state index in [0.717, 1.165) is 16.9 Å². The van der Waals surface area contributed by atoms with Gasteiger partial charge in [-0.2, -0.15) is 0 Å². The first-order valence-corrected chi connectivity index (χ1v) is 7.42. The molecule has 0 spiro atoms. The minimum Gasteiger partial charge on any atom is -0.378 e. The third kappa shape index (κ3) is 2.57. The summed E-state index contributed by atoms with van der Waals surface area (Å²) in [7, 11) is 6.01. The number of rotatable bonds is 3. The quantitative estimate of drug-likeness (QED) is 0.871. The number of likely N-dealkylation sites (N-methyl/N-ethyl adjacent to an activating group) is 1. The van der Waals surface area contributed by atoms with Crippen LogP contribution in [0.5, 0.6) is 0 Å². The van der Waals surface area contributed by atoms with Crippen LogP contribution >= 0.6 is 0 Å². The van der Waals surface area contributed by atoms with E-state index in [-0.39, 0.29) is 12.1 Å². The van der Waals surface area contributed by atoms with Crippen molar-refractivity contribution in [2.24, 2.45) is 0 Å². The number of benzene rings is 2. The van der Waals surface area contributed by atoms with Crippen molar-refractivity contribution in [2.45, 2.75) is 6.17 Å². The molecule has 1 heterocycles. The summed E-state index contributed by atoms with van der Waals surface area (Å²) in [6, 6.07) is 18.3. The highest BCUT2D eigenvalue weighted by atomic mass is 16.2. The SMILES string of the molecule is CN(C)c1ccc(N2C(=O)CN(C)C2c2ccccc2)cc1. The first kappa shape index (κ1) is 14.6. The average molecular weight is 295 g/mol. The maximum absolute atomic E-state index is 12.5. The van der Waals surface area contributed by atoms with Gasteiger partial charge in [0.1, 0.15) is 6.17 Å². The van der Waals surface area contributed by atoms with Crippen LogP contribution in [0.25, 0.3) is 0 Å². The molecule has 1 amide bonds. The highest BCUT2D eigenvalue weighted by Crippen LogP contribution is 2.34. The fraction of sp³-hybridized carbons (Fsp3) is 0.278. The van der Waals surface area contributed by atoms with Gasteiger partial charge in [0.05, 0.1) is 6.54 Å². The van der Waals surface area contributed by atoms with E-state index in [1.807, 2.05) is 68.5 Å². The Kier molecular flexibility index (Phi) is 3.86. The van der Waals surface area contributed by atoms with Crippen LogP contribution in [0.15, 0.2) is 54.6 Å². The maximum Gasteiger partial charge on any atom is 0.242 e. The molecular weight excluding hydrogens is 274 g/mol. The van der Waals surface area contributed by atoms with Crippen molar-refractivity contribution in [1.82, 2.24) is 4.90 Å². The van der Waals surface area contributed by atoms with Gasteiger partial charge in [0.25, 0.3) is 0 Å². The van der Waals surface area contributed by atoms with Gasteiger partial charge in [0, 0.05) is 25.5 Å². The molecular formula is C18H21N3O. The van der Waals surface area contributed by atoms with E-state index in [4.69, 9.17) is 0 Å². The Labute approximate surface area is 131 Å². The Balaban J connectivity index is 1.97. The zero-order chi connectivity index (χ0) is 15.7. The van der Waals surface area contributed by atoms with Gasteiger partial charge >= 0.3 is 0 Å². The molecule has 0 N–H and O–H groups in total. The maximum atomic E-state index is 12.5. The molecule has 0 aliphatic carbocycles. The zero-order valence-corrected chi connectivity index (χ0v) is 13.2. The largest absolute Gasteiger partial charge is 0.378 e. The molecule has 1 aliphatic heterocycles. The molecule has 1 atom stereocenters. The van der Waals surface area contributed by atoms with Crippen LogP contribution in [0, 0.1) is 0 Å². The lowest BCUT2D eigenvalue weighted by molar-refractivity contribution is -0.116. The predicted octanol–water partition coefficient (Wildman–Crippen LogP) is 2.73. The van der Waals surface area contributed by atoms with E-state index in [2.05, 4.69) is 21.9 Å². The van der Waals surface area contributed by atoms with Gasteiger partial charge in [-0.15, -0.1) is 0 Å². The molecule has 22 heavy (non-hydrogen) atoms. The summed E-state index contributed by atoms with van der Waals surface area (Å²) in [5.74, 6) is 0.133. The normalized spacial score (nSPS) is 18.8. The summed E-state index contributed by atoms with van der Waals surface area (Å²) in [4.78, 5) is 18.5. The number of hydrogen-bond acceptors (Lipinski definition) is 3. The summed E-state index contributed by atoms with van der Waals surface area (Å²) in [5.41, 5.74) is 3.20.